The Morgan fingerprint density at radius 2 is 1.65 bits per heavy atom. The molecule has 1 aliphatic heterocycles. The summed E-state index contributed by atoms with van der Waals surface area (Å²) in [4.78, 5) is 37.0. The van der Waals surface area contributed by atoms with Crippen molar-refractivity contribution < 1.29 is 29.0 Å². The normalized spacial score (nSPS) is 17.2. The van der Waals surface area contributed by atoms with E-state index in [0.29, 0.717) is 26.1 Å². The fraction of sp³-hybridized carbons (Fsp3) is 0.423. The lowest BCUT2D eigenvalue weighted by atomic mass is 9.79. The van der Waals surface area contributed by atoms with Gasteiger partial charge in [-0.2, -0.15) is 0 Å². The number of amides is 2. The molecule has 2 aromatic rings. The van der Waals surface area contributed by atoms with Crippen LogP contribution in [-0.2, 0) is 19.1 Å². The molecule has 8 heteroatoms. The van der Waals surface area contributed by atoms with Crippen LogP contribution >= 0.6 is 0 Å². The number of hydrogen-bond donors (Lipinski definition) is 3. The van der Waals surface area contributed by atoms with E-state index in [-0.39, 0.29) is 31.4 Å². The number of carboxylic acids is 1. The molecule has 34 heavy (non-hydrogen) atoms. The Morgan fingerprint density at radius 3 is 2.21 bits per heavy atom. The molecule has 1 unspecified atom stereocenters. The molecular weight excluding hydrogens is 436 g/mol. The van der Waals surface area contributed by atoms with Gasteiger partial charge in [-0.3, -0.25) is 4.79 Å². The zero-order valence-corrected chi connectivity index (χ0v) is 19.2. The molecular formula is C26H30N2O6. The first-order valence-corrected chi connectivity index (χ1v) is 11.7. The lowest BCUT2D eigenvalue weighted by Gasteiger charge is -2.36. The maximum absolute atomic E-state index is 13.0. The Labute approximate surface area is 198 Å². The highest BCUT2D eigenvalue weighted by Crippen LogP contribution is 2.44. The zero-order valence-electron chi connectivity index (χ0n) is 19.2. The monoisotopic (exact) mass is 466 g/mol. The smallest absolute Gasteiger partial charge is 0.407 e. The molecule has 3 N–H and O–H groups in total. The van der Waals surface area contributed by atoms with Gasteiger partial charge in [-0.25, -0.2) is 9.59 Å². The quantitative estimate of drug-likeness (QED) is 0.550. The van der Waals surface area contributed by atoms with E-state index in [9.17, 15) is 19.5 Å². The van der Waals surface area contributed by atoms with Crippen LogP contribution in [0.15, 0.2) is 48.5 Å². The first kappa shape index (κ1) is 23.8. The maximum atomic E-state index is 13.0. The van der Waals surface area contributed by atoms with Gasteiger partial charge in [0, 0.05) is 25.7 Å². The van der Waals surface area contributed by atoms with Crippen molar-refractivity contribution in [2.75, 3.05) is 26.4 Å². The summed E-state index contributed by atoms with van der Waals surface area (Å²) in [5, 5.41) is 14.7. The summed E-state index contributed by atoms with van der Waals surface area (Å²) in [5.41, 5.74) is 3.60. The largest absolute Gasteiger partial charge is 0.480 e. The highest BCUT2D eigenvalue weighted by atomic mass is 16.5. The van der Waals surface area contributed by atoms with E-state index in [4.69, 9.17) is 9.47 Å². The lowest BCUT2D eigenvalue weighted by Crippen LogP contribution is -2.54. The molecule has 4 rings (SSSR count). The van der Waals surface area contributed by atoms with Crippen LogP contribution in [0.2, 0.25) is 0 Å². The van der Waals surface area contributed by atoms with Gasteiger partial charge in [0.15, 0.2) is 0 Å². The SMILES string of the molecule is CCC(NC(=O)C1(CNC(=O)OCC2c3ccccc3-c3ccccc32)CCOCC1)C(=O)O. The first-order valence-electron chi connectivity index (χ1n) is 11.7. The number of nitrogens with one attached hydrogen (secondary N) is 2. The van der Waals surface area contributed by atoms with Crippen LogP contribution < -0.4 is 10.6 Å². The van der Waals surface area contributed by atoms with Gasteiger partial charge in [0.05, 0.1) is 5.41 Å². The topological polar surface area (TPSA) is 114 Å². The van der Waals surface area contributed by atoms with E-state index in [0.717, 1.165) is 22.3 Å². The average molecular weight is 467 g/mol. The molecule has 1 fully saturated rings. The highest BCUT2D eigenvalue weighted by Gasteiger charge is 2.42. The number of hydrogen-bond acceptors (Lipinski definition) is 5. The van der Waals surface area contributed by atoms with Crippen molar-refractivity contribution in [2.45, 2.75) is 38.1 Å². The second-order valence-electron chi connectivity index (χ2n) is 8.84. The molecule has 0 saturated carbocycles. The molecule has 0 spiro atoms. The van der Waals surface area contributed by atoms with Crippen LogP contribution in [0, 0.1) is 5.41 Å². The van der Waals surface area contributed by atoms with Crippen molar-refractivity contribution >= 4 is 18.0 Å². The van der Waals surface area contributed by atoms with Crippen molar-refractivity contribution in [3.05, 3.63) is 59.7 Å². The van der Waals surface area contributed by atoms with Crippen LogP contribution in [0.4, 0.5) is 4.79 Å². The Kier molecular flexibility index (Phi) is 7.17. The van der Waals surface area contributed by atoms with Crippen molar-refractivity contribution in [2.24, 2.45) is 5.41 Å². The lowest BCUT2D eigenvalue weighted by molar-refractivity contribution is -0.146. The molecule has 2 aliphatic rings. The zero-order chi connectivity index (χ0) is 24.1. The van der Waals surface area contributed by atoms with Crippen molar-refractivity contribution in [3.8, 4) is 11.1 Å². The van der Waals surface area contributed by atoms with E-state index in [1.807, 2.05) is 24.3 Å². The van der Waals surface area contributed by atoms with Gasteiger partial charge in [-0.1, -0.05) is 55.5 Å². The van der Waals surface area contributed by atoms with Crippen molar-refractivity contribution in [1.29, 1.82) is 0 Å². The molecule has 1 aliphatic carbocycles. The second-order valence-corrected chi connectivity index (χ2v) is 8.84. The molecule has 2 aromatic carbocycles. The Balaban J connectivity index is 1.39. The minimum Gasteiger partial charge on any atom is -0.480 e. The number of carbonyl (C=O) groups is 3. The van der Waals surface area contributed by atoms with Gasteiger partial charge in [-0.15, -0.1) is 0 Å². The fourth-order valence-electron chi connectivity index (χ4n) is 4.79. The number of fused-ring (bicyclic) bond motifs is 3. The Hall–Kier alpha value is -3.39. The van der Waals surface area contributed by atoms with E-state index in [2.05, 4.69) is 34.9 Å². The number of aliphatic carboxylic acids is 1. The summed E-state index contributed by atoms with van der Waals surface area (Å²) >= 11 is 0. The van der Waals surface area contributed by atoms with Gasteiger partial charge < -0.3 is 25.2 Å². The molecule has 1 heterocycles. The van der Waals surface area contributed by atoms with Gasteiger partial charge in [-0.05, 0) is 41.5 Å². The van der Waals surface area contributed by atoms with Crippen molar-refractivity contribution in [1.82, 2.24) is 10.6 Å². The van der Waals surface area contributed by atoms with E-state index in [1.165, 1.54) is 0 Å². The standard InChI is InChI=1S/C26H30N2O6/c1-2-22(23(29)30)28-24(31)26(11-13-33-14-12-26)16-27-25(32)34-15-21-19-9-5-3-7-17(19)18-8-4-6-10-20(18)21/h3-10,21-22H,2,11-16H2,1H3,(H,27,32)(H,28,31)(H,29,30). The summed E-state index contributed by atoms with van der Waals surface area (Å²) < 4.78 is 11.0. The summed E-state index contributed by atoms with van der Waals surface area (Å²) in [7, 11) is 0. The van der Waals surface area contributed by atoms with Gasteiger partial charge in [0.1, 0.15) is 12.6 Å². The Bertz CT molecular complexity index is 1020. The van der Waals surface area contributed by atoms with E-state index < -0.39 is 23.5 Å². The molecule has 1 saturated heterocycles. The summed E-state index contributed by atoms with van der Waals surface area (Å²) in [5.74, 6) is -1.52. The van der Waals surface area contributed by atoms with Crippen molar-refractivity contribution in [3.63, 3.8) is 0 Å². The average Bonchev–Trinajstić information content (AvgIpc) is 3.18. The molecule has 180 valence electrons. The summed E-state index contributed by atoms with van der Waals surface area (Å²) in [6.45, 7) is 2.66. The summed E-state index contributed by atoms with van der Waals surface area (Å²) in [6, 6.07) is 15.2. The van der Waals surface area contributed by atoms with Crippen LogP contribution in [-0.4, -0.2) is 55.5 Å². The fourth-order valence-corrected chi connectivity index (χ4v) is 4.79. The molecule has 2 amide bonds. The van der Waals surface area contributed by atoms with Crippen LogP contribution in [0.5, 0.6) is 0 Å². The third-order valence-corrected chi connectivity index (χ3v) is 6.86. The van der Waals surface area contributed by atoms with Gasteiger partial charge in [0.2, 0.25) is 5.91 Å². The molecule has 1 atom stereocenters. The summed E-state index contributed by atoms with van der Waals surface area (Å²) in [6.07, 6.45) is 0.440. The number of benzene rings is 2. The molecule has 0 aromatic heterocycles. The third kappa shape index (κ3) is 4.77. The Morgan fingerprint density at radius 1 is 1.06 bits per heavy atom. The highest BCUT2D eigenvalue weighted by molar-refractivity contribution is 5.88. The molecule has 0 bridgehead atoms. The van der Waals surface area contributed by atoms with E-state index in [1.54, 1.807) is 6.92 Å². The number of carbonyl (C=O) groups excluding carboxylic acids is 2. The number of alkyl carbamates (subject to hydrolysis) is 1. The second kappa shape index (κ2) is 10.3. The van der Waals surface area contributed by atoms with E-state index >= 15 is 0 Å². The van der Waals surface area contributed by atoms with Gasteiger partial charge in [0.25, 0.3) is 0 Å². The van der Waals surface area contributed by atoms with Crippen LogP contribution in [0.1, 0.15) is 43.2 Å². The molecule has 8 nitrogen and oxygen atoms in total. The van der Waals surface area contributed by atoms with Crippen LogP contribution in [0.25, 0.3) is 11.1 Å². The van der Waals surface area contributed by atoms with Gasteiger partial charge >= 0.3 is 12.1 Å². The number of ether oxygens (including phenoxy) is 2. The minimum absolute atomic E-state index is 0.0505. The predicted molar refractivity (Wildman–Crippen MR) is 125 cm³/mol. The predicted octanol–water partition coefficient (Wildman–Crippen LogP) is 3.30. The number of rotatable bonds is 8. The molecule has 0 radical (unpaired) electrons. The third-order valence-electron chi connectivity index (χ3n) is 6.86. The first-order chi connectivity index (χ1) is 16.4. The maximum Gasteiger partial charge on any atom is 0.407 e. The van der Waals surface area contributed by atoms with Crippen LogP contribution in [0.3, 0.4) is 0 Å². The number of carboxylic acid groups (broad SMARTS) is 1. The minimum atomic E-state index is -1.08.